The van der Waals surface area contributed by atoms with Gasteiger partial charge in [-0.15, -0.1) is 11.8 Å². The number of pyridine rings is 1. The lowest BCUT2D eigenvalue weighted by Gasteiger charge is -2.22. The highest BCUT2D eigenvalue weighted by Crippen LogP contribution is 2.25. The minimum atomic E-state index is -0.132. The molecule has 1 aromatic carbocycles. The second-order valence-corrected chi connectivity index (χ2v) is 7.50. The summed E-state index contributed by atoms with van der Waals surface area (Å²) in [6, 6.07) is 14.1. The van der Waals surface area contributed by atoms with Crippen LogP contribution in [0.2, 0.25) is 0 Å². The summed E-state index contributed by atoms with van der Waals surface area (Å²) in [5, 5.41) is 3.43. The van der Waals surface area contributed by atoms with Crippen LogP contribution in [0.15, 0.2) is 59.8 Å². The highest BCUT2D eigenvalue weighted by atomic mass is 32.2. The van der Waals surface area contributed by atoms with Crippen LogP contribution in [0, 0.1) is 5.92 Å². The van der Waals surface area contributed by atoms with E-state index in [2.05, 4.69) is 43.2 Å². The van der Waals surface area contributed by atoms with Crippen molar-refractivity contribution < 1.29 is 4.79 Å². The van der Waals surface area contributed by atoms with Gasteiger partial charge in [-0.1, -0.05) is 39.0 Å². The molecule has 2 unspecified atom stereocenters. The lowest BCUT2D eigenvalue weighted by atomic mass is 9.88. The maximum absolute atomic E-state index is 12.6. The predicted molar refractivity (Wildman–Crippen MR) is 96.6 cm³/mol. The van der Waals surface area contributed by atoms with Crippen LogP contribution in [0.5, 0.6) is 0 Å². The van der Waals surface area contributed by atoms with Crippen LogP contribution in [-0.2, 0) is 4.79 Å². The largest absolute Gasteiger partial charge is 0.354 e. The smallest absolute Gasteiger partial charge is 0.227 e. The third-order valence-corrected chi connectivity index (χ3v) is 4.77. The summed E-state index contributed by atoms with van der Waals surface area (Å²) in [6.45, 7) is 6.95. The Kier molecular flexibility index (Phi) is 6.66. The van der Waals surface area contributed by atoms with Crippen LogP contribution in [0.3, 0.4) is 0 Å². The molecule has 0 radical (unpaired) electrons. The fraction of sp³-hybridized carbons (Fsp3) is 0.368. The third-order valence-electron chi connectivity index (χ3n) is 3.66. The van der Waals surface area contributed by atoms with Crippen molar-refractivity contribution in [1.82, 2.24) is 10.3 Å². The monoisotopic (exact) mass is 328 g/mol. The molecule has 0 aliphatic carbocycles. The zero-order valence-corrected chi connectivity index (χ0v) is 14.7. The van der Waals surface area contributed by atoms with Crippen LogP contribution in [0.25, 0.3) is 0 Å². The summed E-state index contributed by atoms with van der Waals surface area (Å²) in [7, 11) is 0. The van der Waals surface area contributed by atoms with Gasteiger partial charge in [0.1, 0.15) is 0 Å². The first-order valence-electron chi connectivity index (χ1n) is 7.97. The molecule has 2 aromatic rings. The van der Waals surface area contributed by atoms with Gasteiger partial charge in [0.15, 0.2) is 0 Å². The van der Waals surface area contributed by atoms with Crippen LogP contribution in [-0.4, -0.2) is 22.7 Å². The molecule has 0 fully saturated rings. The summed E-state index contributed by atoms with van der Waals surface area (Å²) >= 11 is 1.78. The Morgan fingerprint density at radius 3 is 2.35 bits per heavy atom. The van der Waals surface area contributed by atoms with E-state index in [1.54, 1.807) is 24.2 Å². The number of amides is 1. The van der Waals surface area contributed by atoms with Crippen LogP contribution >= 0.6 is 11.8 Å². The number of carbonyl (C=O) groups is 1. The minimum absolute atomic E-state index is 0.0895. The number of rotatable bonds is 7. The quantitative estimate of drug-likeness (QED) is 0.778. The summed E-state index contributed by atoms with van der Waals surface area (Å²) in [6.07, 6.45) is 3.48. The number of benzene rings is 1. The van der Waals surface area contributed by atoms with Crippen LogP contribution in [0.1, 0.15) is 32.3 Å². The number of carbonyl (C=O) groups excluding carboxylic acids is 1. The molecular formula is C19H24N2OS. The average Bonchev–Trinajstić information content (AvgIpc) is 2.55. The topological polar surface area (TPSA) is 42.0 Å². The number of nitrogens with zero attached hydrogens (tertiary/aromatic N) is 1. The van der Waals surface area contributed by atoms with Crippen molar-refractivity contribution >= 4 is 17.7 Å². The molecule has 2 atom stereocenters. The SMILES string of the molecule is CC(CNC(=O)C(c1ccncc1)C(C)C)Sc1ccccc1. The van der Waals surface area contributed by atoms with Gasteiger partial charge in [0.25, 0.3) is 0 Å². The van der Waals surface area contributed by atoms with E-state index in [-0.39, 0.29) is 17.7 Å². The Hall–Kier alpha value is -1.81. The summed E-state index contributed by atoms with van der Waals surface area (Å²) < 4.78 is 0. The van der Waals surface area contributed by atoms with E-state index in [0.717, 1.165) is 5.56 Å². The highest BCUT2D eigenvalue weighted by molar-refractivity contribution is 8.00. The van der Waals surface area contributed by atoms with Gasteiger partial charge >= 0.3 is 0 Å². The van der Waals surface area contributed by atoms with E-state index < -0.39 is 0 Å². The van der Waals surface area contributed by atoms with Crippen molar-refractivity contribution in [3.63, 3.8) is 0 Å². The highest BCUT2D eigenvalue weighted by Gasteiger charge is 2.24. The number of nitrogens with one attached hydrogen (secondary N) is 1. The van der Waals surface area contributed by atoms with E-state index in [9.17, 15) is 4.79 Å². The Balaban J connectivity index is 1.92. The molecule has 0 saturated heterocycles. The maximum Gasteiger partial charge on any atom is 0.227 e. The molecule has 1 aromatic heterocycles. The molecule has 1 amide bonds. The van der Waals surface area contributed by atoms with Gasteiger partial charge in [-0.2, -0.15) is 0 Å². The fourth-order valence-electron chi connectivity index (χ4n) is 2.54. The van der Waals surface area contributed by atoms with E-state index in [0.29, 0.717) is 11.8 Å². The molecule has 122 valence electrons. The van der Waals surface area contributed by atoms with Crippen molar-refractivity contribution in [1.29, 1.82) is 0 Å². The lowest BCUT2D eigenvalue weighted by Crippen LogP contribution is -2.35. The van der Waals surface area contributed by atoms with Gasteiger partial charge in [-0.3, -0.25) is 9.78 Å². The molecule has 0 aliphatic rings. The third kappa shape index (κ3) is 5.39. The molecule has 0 aliphatic heterocycles. The maximum atomic E-state index is 12.6. The number of hydrogen-bond donors (Lipinski definition) is 1. The first-order valence-corrected chi connectivity index (χ1v) is 8.85. The second kappa shape index (κ2) is 8.73. The number of aromatic nitrogens is 1. The van der Waals surface area contributed by atoms with E-state index >= 15 is 0 Å². The number of thioether (sulfide) groups is 1. The van der Waals surface area contributed by atoms with Gasteiger partial charge in [-0.25, -0.2) is 0 Å². The molecule has 2 rings (SSSR count). The lowest BCUT2D eigenvalue weighted by molar-refractivity contribution is -0.123. The molecule has 0 spiro atoms. The Labute approximate surface area is 142 Å². The normalized spacial score (nSPS) is 13.6. The van der Waals surface area contributed by atoms with Gasteiger partial charge < -0.3 is 5.32 Å². The van der Waals surface area contributed by atoms with Gasteiger partial charge in [-0.05, 0) is 35.7 Å². The van der Waals surface area contributed by atoms with Gasteiger partial charge in [0.2, 0.25) is 5.91 Å². The molecular weight excluding hydrogens is 304 g/mol. The van der Waals surface area contributed by atoms with Crippen molar-refractivity contribution in [3.05, 3.63) is 60.4 Å². The standard InChI is InChI=1S/C19H24N2OS/c1-14(2)18(16-9-11-20-12-10-16)19(22)21-13-15(3)23-17-7-5-4-6-8-17/h4-12,14-15,18H,13H2,1-3H3,(H,21,22). The molecule has 1 N–H and O–H groups in total. The average molecular weight is 328 g/mol. The van der Waals surface area contributed by atoms with Gasteiger partial charge in [0.05, 0.1) is 5.92 Å². The first-order chi connectivity index (χ1) is 11.1. The van der Waals surface area contributed by atoms with Crippen LogP contribution in [0.4, 0.5) is 0 Å². The Bertz CT molecular complexity index is 601. The Morgan fingerprint density at radius 1 is 1.09 bits per heavy atom. The molecule has 23 heavy (non-hydrogen) atoms. The zero-order chi connectivity index (χ0) is 16.7. The molecule has 0 bridgehead atoms. The van der Waals surface area contributed by atoms with E-state index in [1.807, 2.05) is 30.3 Å². The fourth-order valence-corrected chi connectivity index (χ4v) is 3.48. The zero-order valence-electron chi connectivity index (χ0n) is 13.9. The second-order valence-electron chi connectivity index (χ2n) is 5.99. The summed E-state index contributed by atoms with van der Waals surface area (Å²) in [5.41, 5.74) is 1.02. The van der Waals surface area contributed by atoms with Crippen molar-refractivity contribution in [2.45, 2.75) is 36.8 Å². The molecule has 1 heterocycles. The van der Waals surface area contributed by atoms with Crippen LogP contribution < -0.4 is 5.32 Å². The van der Waals surface area contributed by atoms with E-state index in [1.165, 1.54) is 4.90 Å². The summed E-state index contributed by atoms with van der Waals surface area (Å²) in [5.74, 6) is 0.202. The van der Waals surface area contributed by atoms with Crippen molar-refractivity contribution in [2.75, 3.05) is 6.54 Å². The molecule has 0 saturated carbocycles. The summed E-state index contributed by atoms with van der Waals surface area (Å²) in [4.78, 5) is 17.9. The van der Waals surface area contributed by atoms with Crippen molar-refractivity contribution in [3.8, 4) is 0 Å². The Morgan fingerprint density at radius 2 is 1.74 bits per heavy atom. The number of hydrogen-bond acceptors (Lipinski definition) is 3. The minimum Gasteiger partial charge on any atom is -0.354 e. The molecule has 3 nitrogen and oxygen atoms in total. The molecule has 4 heteroatoms. The van der Waals surface area contributed by atoms with Crippen molar-refractivity contribution in [2.24, 2.45) is 5.92 Å². The predicted octanol–water partition coefficient (Wildman–Crippen LogP) is 4.12. The first kappa shape index (κ1) is 17.5. The van der Waals surface area contributed by atoms with E-state index in [4.69, 9.17) is 0 Å². The van der Waals surface area contributed by atoms with Gasteiger partial charge in [0, 0.05) is 29.1 Å².